The van der Waals surface area contributed by atoms with Gasteiger partial charge in [-0.1, -0.05) is 0 Å². The fourth-order valence-electron chi connectivity index (χ4n) is 4.43. The van der Waals surface area contributed by atoms with Gasteiger partial charge < -0.3 is 9.47 Å². The molecule has 0 aromatic carbocycles. The zero-order valence-electron chi connectivity index (χ0n) is 15.5. The number of likely N-dealkylation sites (tertiary alicyclic amines) is 1. The molecule has 2 fully saturated rings. The Labute approximate surface area is 159 Å². The van der Waals surface area contributed by atoms with Gasteiger partial charge in [-0.05, 0) is 50.3 Å². The first-order valence-electron chi connectivity index (χ1n) is 9.63. The molecule has 1 saturated heterocycles. The first-order valence-corrected chi connectivity index (χ1v) is 10.5. The van der Waals surface area contributed by atoms with Gasteiger partial charge in [-0.15, -0.1) is 11.3 Å². The van der Waals surface area contributed by atoms with Crippen molar-refractivity contribution in [3.05, 3.63) is 41.1 Å². The minimum absolute atomic E-state index is 0.334. The Morgan fingerprint density at radius 3 is 2.81 bits per heavy atom. The van der Waals surface area contributed by atoms with Crippen LogP contribution in [-0.2, 0) is 17.9 Å². The van der Waals surface area contributed by atoms with Gasteiger partial charge in [0.15, 0.2) is 0 Å². The molecule has 1 saturated carbocycles. The number of rotatable bonds is 7. The van der Waals surface area contributed by atoms with Crippen molar-refractivity contribution < 1.29 is 4.79 Å². The Bertz CT molecular complexity index is 704. The van der Waals surface area contributed by atoms with Crippen molar-refractivity contribution in [2.45, 2.75) is 51.2 Å². The number of aromatic nitrogens is 2. The zero-order valence-corrected chi connectivity index (χ0v) is 16.3. The molecule has 2 aliphatic rings. The molecule has 1 aliphatic heterocycles. The summed E-state index contributed by atoms with van der Waals surface area (Å²) >= 11 is 1.73. The molecule has 6 heteroatoms. The number of hydrogen-bond donors (Lipinski definition) is 0. The van der Waals surface area contributed by atoms with Crippen molar-refractivity contribution in [2.24, 2.45) is 5.41 Å². The normalized spacial score (nSPS) is 21.5. The van der Waals surface area contributed by atoms with E-state index in [2.05, 4.69) is 38.8 Å². The number of hydrogen-bond acceptors (Lipinski definition) is 4. The van der Waals surface area contributed by atoms with Crippen LogP contribution in [0.25, 0.3) is 0 Å². The number of piperidine rings is 1. The highest BCUT2D eigenvalue weighted by Gasteiger charge is 2.56. The van der Waals surface area contributed by atoms with E-state index in [9.17, 15) is 4.79 Å². The summed E-state index contributed by atoms with van der Waals surface area (Å²) in [6.07, 6.45) is 11.2. The minimum Gasteiger partial charge on any atom is -0.354 e. The third kappa shape index (κ3) is 3.86. The maximum absolute atomic E-state index is 12.5. The second-order valence-electron chi connectivity index (χ2n) is 7.83. The van der Waals surface area contributed by atoms with Crippen LogP contribution in [0.1, 0.15) is 37.1 Å². The van der Waals surface area contributed by atoms with Crippen LogP contribution in [0.5, 0.6) is 0 Å². The van der Waals surface area contributed by atoms with Gasteiger partial charge in [0.2, 0.25) is 5.91 Å². The molecule has 140 valence electrons. The molecule has 1 amide bonds. The molecule has 0 radical (unpaired) electrons. The molecule has 26 heavy (non-hydrogen) atoms. The molecule has 1 aliphatic carbocycles. The number of carbonyl (C=O) groups is 1. The fraction of sp³-hybridized carbons (Fsp3) is 0.600. The van der Waals surface area contributed by atoms with E-state index in [0.717, 1.165) is 45.4 Å². The molecule has 0 N–H and O–H groups in total. The first kappa shape index (κ1) is 17.7. The first-order chi connectivity index (χ1) is 12.7. The van der Waals surface area contributed by atoms with Crippen molar-refractivity contribution in [1.82, 2.24) is 19.4 Å². The molecule has 0 unspecified atom stereocenters. The van der Waals surface area contributed by atoms with E-state index in [-0.39, 0.29) is 0 Å². The van der Waals surface area contributed by atoms with Gasteiger partial charge in [0.1, 0.15) is 5.01 Å². The van der Waals surface area contributed by atoms with E-state index < -0.39 is 0 Å². The average Bonchev–Trinajstić information content (AvgIpc) is 3.04. The predicted molar refractivity (Wildman–Crippen MR) is 104 cm³/mol. The number of aryl methyl sites for hydroxylation is 1. The minimum atomic E-state index is 0.334. The van der Waals surface area contributed by atoms with Crippen LogP contribution in [0.4, 0.5) is 0 Å². The van der Waals surface area contributed by atoms with Crippen LogP contribution in [-0.4, -0.2) is 51.4 Å². The molecule has 2 aromatic heterocycles. The van der Waals surface area contributed by atoms with E-state index in [1.165, 1.54) is 11.4 Å². The van der Waals surface area contributed by atoms with Gasteiger partial charge in [0.25, 0.3) is 0 Å². The maximum Gasteiger partial charge on any atom is 0.222 e. The lowest BCUT2D eigenvalue weighted by Crippen LogP contribution is -2.41. The van der Waals surface area contributed by atoms with Crippen LogP contribution >= 0.6 is 11.3 Å². The molecule has 1 spiro atoms. The summed E-state index contributed by atoms with van der Waals surface area (Å²) in [5.74, 6) is 0.334. The SMILES string of the molecule is CN(Cc1nccs1)[C@@H]1CC12CCN(C(=O)CCCn1cccc1)CC2. The summed E-state index contributed by atoms with van der Waals surface area (Å²) in [7, 11) is 2.22. The van der Waals surface area contributed by atoms with E-state index in [0.29, 0.717) is 23.8 Å². The van der Waals surface area contributed by atoms with Gasteiger partial charge in [-0.2, -0.15) is 0 Å². The maximum atomic E-state index is 12.5. The van der Waals surface area contributed by atoms with Gasteiger partial charge in [0.05, 0.1) is 6.54 Å². The van der Waals surface area contributed by atoms with Crippen molar-refractivity contribution in [2.75, 3.05) is 20.1 Å². The number of carbonyl (C=O) groups excluding carboxylic acids is 1. The summed E-state index contributed by atoms with van der Waals surface area (Å²) < 4.78 is 2.14. The lowest BCUT2D eigenvalue weighted by molar-refractivity contribution is -0.133. The summed E-state index contributed by atoms with van der Waals surface area (Å²) in [5, 5.41) is 3.25. The largest absolute Gasteiger partial charge is 0.354 e. The number of nitrogens with zero attached hydrogens (tertiary/aromatic N) is 4. The van der Waals surface area contributed by atoms with Crippen LogP contribution in [0, 0.1) is 5.41 Å². The van der Waals surface area contributed by atoms with Gasteiger partial charge in [0, 0.05) is 56.1 Å². The Kier molecular flexibility index (Phi) is 5.14. The average molecular weight is 373 g/mol. The van der Waals surface area contributed by atoms with Crippen molar-refractivity contribution in [1.29, 1.82) is 0 Å². The lowest BCUT2D eigenvalue weighted by Gasteiger charge is -2.34. The molecule has 0 bridgehead atoms. The summed E-state index contributed by atoms with van der Waals surface area (Å²) in [4.78, 5) is 21.4. The Morgan fingerprint density at radius 2 is 2.12 bits per heavy atom. The van der Waals surface area contributed by atoms with E-state index in [1.807, 2.05) is 23.7 Å². The second kappa shape index (κ2) is 7.53. The number of amides is 1. The Morgan fingerprint density at radius 1 is 1.35 bits per heavy atom. The van der Waals surface area contributed by atoms with Crippen molar-refractivity contribution in [3.8, 4) is 0 Å². The van der Waals surface area contributed by atoms with Crippen LogP contribution < -0.4 is 0 Å². The number of thiazole rings is 1. The highest BCUT2D eigenvalue weighted by atomic mass is 32.1. The Hall–Kier alpha value is -1.66. The predicted octanol–water partition coefficient (Wildman–Crippen LogP) is 3.24. The van der Waals surface area contributed by atoms with E-state index in [4.69, 9.17) is 0 Å². The molecule has 1 atom stereocenters. The molecule has 4 rings (SSSR count). The monoisotopic (exact) mass is 372 g/mol. The quantitative estimate of drug-likeness (QED) is 0.749. The summed E-state index contributed by atoms with van der Waals surface area (Å²) in [5.41, 5.74) is 0.452. The smallest absolute Gasteiger partial charge is 0.222 e. The molecule has 2 aromatic rings. The lowest BCUT2D eigenvalue weighted by atomic mass is 9.92. The Balaban J connectivity index is 1.20. The van der Waals surface area contributed by atoms with Gasteiger partial charge in [-0.3, -0.25) is 9.69 Å². The van der Waals surface area contributed by atoms with Crippen molar-refractivity contribution in [3.63, 3.8) is 0 Å². The van der Waals surface area contributed by atoms with E-state index >= 15 is 0 Å². The fourth-order valence-corrected chi connectivity index (χ4v) is 5.11. The standard InChI is InChI=1S/C20H28N4OS/c1-22(16-18-21-8-14-26-18)17-15-20(17)6-12-24(13-7-20)19(25)5-4-11-23-9-2-3-10-23/h2-3,8-10,14,17H,4-7,11-13,15-16H2,1H3/t17-/m1/s1. The molecule has 3 heterocycles. The molecular formula is C20H28N4OS. The van der Waals surface area contributed by atoms with Crippen LogP contribution in [0.3, 0.4) is 0 Å². The van der Waals surface area contributed by atoms with Gasteiger partial charge in [-0.25, -0.2) is 4.98 Å². The topological polar surface area (TPSA) is 41.4 Å². The van der Waals surface area contributed by atoms with E-state index in [1.54, 1.807) is 11.3 Å². The third-order valence-corrected chi connectivity index (χ3v) is 6.90. The molecular weight excluding hydrogens is 344 g/mol. The highest BCUT2D eigenvalue weighted by molar-refractivity contribution is 7.09. The van der Waals surface area contributed by atoms with Crippen LogP contribution in [0.2, 0.25) is 0 Å². The molecule has 5 nitrogen and oxygen atoms in total. The second-order valence-corrected chi connectivity index (χ2v) is 8.81. The third-order valence-electron chi connectivity index (χ3n) is 6.13. The zero-order chi connectivity index (χ0) is 18.0. The van der Waals surface area contributed by atoms with Crippen molar-refractivity contribution >= 4 is 17.2 Å². The summed E-state index contributed by atoms with van der Waals surface area (Å²) in [6, 6.07) is 4.73. The summed E-state index contributed by atoms with van der Waals surface area (Å²) in [6.45, 7) is 3.75. The van der Waals surface area contributed by atoms with Gasteiger partial charge >= 0.3 is 0 Å². The van der Waals surface area contributed by atoms with Crippen LogP contribution in [0.15, 0.2) is 36.1 Å². The highest BCUT2D eigenvalue weighted by Crippen LogP contribution is 2.56.